The lowest BCUT2D eigenvalue weighted by atomic mass is 10.2. The fraction of sp³-hybridized carbons (Fsp3) is 0.500. The van der Waals surface area contributed by atoms with Gasteiger partial charge in [0.05, 0.1) is 16.6 Å². The Bertz CT molecular complexity index is 582. The van der Waals surface area contributed by atoms with Crippen molar-refractivity contribution in [2.75, 3.05) is 0 Å². The van der Waals surface area contributed by atoms with Gasteiger partial charge in [-0.25, -0.2) is 4.98 Å². The van der Waals surface area contributed by atoms with Crippen LogP contribution in [0.25, 0.3) is 11.0 Å². The van der Waals surface area contributed by atoms with E-state index in [1.807, 2.05) is 11.5 Å². The molecule has 0 fully saturated rings. The molecule has 5 heteroatoms. The number of hydrogen-bond acceptors (Lipinski definition) is 1. The van der Waals surface area contributed by atoms with Crippen molar-refractivity contribution in [1.29, 1.82) is 0 Å². The average molecular weight is 270 g/mol. The van der Waals surface area contributed by atoms with E-state index in [9.17, 15) is 13.2 Å². The highest BCUT2D eigenvalue weighted by Gasteiger charge is 2.31. The maximum atomic E-state index is 12.7. The highest BCUT2D eigenvalue weighted by molar-refractivity contribution is 5.77. The Morgan fingerprint density at radius 1 is 1.26 bits per heavy atom. The first-order valence-corrected chi connectivity index (χ1v) is 6.39. The van der Waals surface area contributed by atoms with Gasteiger partial charge >= 0.3 is 6.18 Å². The van der Waals surface area contributed by atoms with Crippen LogP contribution in [0.3, 0.4) is 0 Å². The van der Waals surface area contributed by atoms with Crippen molar-refractivity contribution >= 4 is 11.0 Å². The second-order valence-electron chi connectivity index (χ2n) is 5.09. The van der Waals surface area contributed by atoms with E-state index in [0.717, 1.165) is 30.0 Å². The molecule has 0 aliphatic heterocycles. The van der Waals surface area contributed by atoms with E-state index in [0.29, 0.717) is 17.9 Å². The summed E-state index contributed by atoms with van der Waals surface area (Å²) in [5.74, 6) is 1.26. The van der Waals surface area contributed by atoms with Gasteiger partial charge in [0.15, 0.2) is 0 Å². The number of aromatic nitrogens is 2. The van der Waals surface area contributed by atoms with Crippen molar-refractivity contribution < 1.29 is 13.2 Å². The van der Waals surface area contributed by atoms with E-state index in [1.165, 1.54) is 6.07 Å². The number of fused-ring (bicyclic) bond motifs is 1. The van der Waals surface area contributed by atoms with Crippen molar-refractivity contribution in [1.82, 2.24) is 9.55 Å². The molecule has 2 nitrogen and oxygen atoms in total. The third-order valence-corrected chi connectivity index (χ3v) is 3.02. The van der Waals surface area contributed by atoms with E-state index in [-0.39, 0.29) is 0 Å². The number of halogens is 3. The lowest BCUT2D eigenvalue weighted by Crippen LogP contribution is -2.08. The van der Waals surface area contributed by atoms with Crippen LogP contribution in [0.15, 0.2) is 18.2 Å². The van der Waals surface area contributed by atoms with Gasteiger partial charge in [-0.15, -0.1) is 0 Å². The topological polar surface area (TPSA) is 17.8 Å². The van der Waals surface area contributed by atoms with Crippen LogP contribution in [0.5, 0.6) is 0 Å². The van der Waals surface area contributed by atoms with Crippen LogP contribution < -0.4 is 0 Å². The zero-order valence-electron chi connectivity index (χ0n) is 11.3. The molecule has 0 atom stereocenters. The Labute approximate surface area is 110 Å². The van der Waals surface area contributed by atoms with Gasteiger partial charge in [-0.2, -0.15) is 13.2 Å². The summed E-state index contributed by atoms with van der Waals surface area (Å²) in [4.78, 5) is 4.32. The van der Waals surface area contributed by atoms with Crippen LogP contribution in [0.2, 0.25) is 0 Å². The Hall–Kier alpha value is -1.52. The molecule has 0 saturated heterocycles. The summed E-state index contributed by atoms with van der Waals surface area (Å²) in [7, 11) is 0. The standard InChI is InChI=1S/C14H17F3N2/c1-4-13-18-11-7-10(14(15,16)17)5-6-12(11)19(13)8-9(2)3/h5-7,9H,4,8H2,1-3H3. The predicted octanol–water partition coefficient (Wildman–Crippen LogP) is 4.27. The number of nitrogens with zero attached hydrogens (tertiary/aromatic N) is 2. The number of alkyl halides is 3. The summed E-state index contributed by atoms with van der Waals surface area (Å²) in [6.07, 6.45) is -3.61. The highest BCUT2D eigenvalue weighted by atomic mass is 19.4. The first-order valence-electron chi connectivity index (χ1n) is 6.39. The average Bonchev–Trinajstić information content (AvgIpc) is 2.65. The second kappa shape index (κ2) is 4.87. The van der Waals surface area contributed by atoms with Crippen LogP contribution in [0.1, 0.15) is 32.2 Å². The van der Waals surface area contributed by atoms with E-state index in [2.05, 4.69) is 18.8 Å². The summed E-state index contributed by atoms with van der Waals surface area (Å²) < 4.78 is 40.1. The molecular formula is C14H17F3N2. The number of aryl methyl sites for hydroxylation is 1. The first-order chi connectivity index (χ1) is 8.82. The van der Waals surface area contributed by atoms with E-state index >= 15 is 0 Å². The van der Waals surface area contributed by atoms with Gasteiger partial charge in [-0.1, -0.05) is 20.8 Å². The zero-order valence-corrected chi connectivity index (χ0v) is 11.3. The molecule has 0 amide bonds. The largest absolute Gasteiger partial charge is 0.416 e. The molecule has 1 aromatic carbocycles. The van der Waals surface area contributed by atoms with Crippen LogP contribution in [0, 0.1) is 5.92 Å². The minimum atomic E-state index is -4.32. The molecule has 1 heterocycles. The van der Waals surface area contributed by atoms with Crippen molar-refractivity contribution in [3.63, 3.8) is 0 Å². The van der Waals surface area contributed by atoms with Gasteiger partial charge in [0.1, 0.15) is 5.82 Å². The van der Waals surface area contributed by atoms with E-state index < -0.39 is 11.7 Å². The van der Waals surface area contributed by atoms with E-state index in [4.69, 9.17) is 0 Å². The lowest BCUT2D eigenvalue weighted by Gasteiger charge is -2.11. The Kier molecular flexibility index (Phi) is 3.56. The summed E-state index contributed by atoms with van der Waals surface area (Å²) in [6, 6.07) is 3.78. The van der Waals surface area contributed by atoms with Gasteiger partial charge in [0.2, 0.25) is 0 Å². The molecule has 0 radical (unpaired) electrons. The molecule has 104 valence electrons. The predicted molar refractivity (Wildman–Crippen MR) is 69.0 cm³/mol. The van der Waals surface area contributed by atoms with Crippen LogP contribution in [0.4, 0.5) is 13.2 Å². The van der Waals surface area contributed by atoms with Gasteiger partial charge in [0, 0.05) is 13.0 Å². The maximum absolute atomic E-state index is 12.7. The van der Waals surface area contributed by atoms with Crippen molar-refractivity contribution in [3.8, 4) is 0 Å². The highest BCUT2D eigenvalue weighted by Crippen LogP contribution is 2.31. The smallest absolute Gasteiger partial charge is 0.328 e. The van der Waals surface area contributed by atoms with Gasteiger partial charge in [-0.05, 0) is 24.1 Å². The Balaban J connectivity index is 2.57. The van der Waals surface area contributed by atoms with Crippen LogP contribution in [-0.2, 0) is 19.1 Å². The molecule has 0 bridgehead atoms. The molecular weight excluding hydrogens is 253 g/mol. The molecule has 0 spiro atoms. The normalized spacial score (nSPS) is 12.6. The fourth-order valence-electron chi connectivity index (χ4n) is 2.19. The van der Waals surface area contributed by atoms with Crippen molar-refractivity contribution in [2.24, 2.45) is 5.92 Å². The summed E-state index contributed by atoms with van der Waals surface area (Å²) in [5.41, 5.74) is 0.558. The lowest BCUT2D eigenvalue weighted by molar-refractivity contribution is -0.137. The molecule has 0 saturated carbocycles. The zero-order chi connectivity index (χ0) is 14.2. The van der Waals surface area contributed by atoms with Crippen LogP contribution >= 0.6 is 0 Å². The Morgan fingerprint density at radius 3 is 2.47 bits per heavy atom. The number of imidazole rings is 1. The quantitative estimate of drug-likeness (QED) is 0.814. The molecule has 0 aliphatic rings. The molecule has 2 rings (SSSR count). The van der Waals surface area contributed by atoms with Gasteiger partial charge in [0.25, 0.3) is 0 Å². The number of benzene rings is 1. The molecule has 1 aromatic heterocycles. The number of rotatable bonds is 3. The third-order valence-electron chi connectivity index (χ3n) is 3.02. The molecule has 0 N–H and O–H groups in total. The van der Waals surface area contributed by atoms with Crippen molar-refractivity contribution in [2.45, 2.75) is 39.9 Å². The fourth-order valence-corrected chi connectivity index (χ4v) is 2.19. The SMILES string of the molecule is CCc1nc2cc(C(F)(F)F)ccc2n1CC(C)C. The van der Waals surface area contributed by atoms with Crippen LogP contribution in [-0.4, -0.2) is 9.55 Å². The minimum absolute atomic E-state index is 0.421. The second-order valence-corrected chi connectivity index (χ2v) is 5.09. The monoisotopic (exact) mass is 270 g/mol. The maximum Gasteiger partial charge on any atom is 0.416 e. The number of hydrogen-bond donors (Lipinski definition) is 0. The third kappa shape index (κ3) is 2.74. The summed E-state index contributed by atoms with van der Waals surface area (Å²) in [6.45, 7) is 6.89. The van der Waals surface area contributed by atoms with Gasteiger partial charge < -0.3 is 4.57 Å². The molecule has 19 heavy (non-hydrogen) atoms. The minimum Gasteiger partial charge on any atom is -0.328 e. The van der Waals surface area contributed by atoms with E-state index in [1.54, 1.807) is 0 Å². The first kappa shape index (κ1) is 13.9. The Morgan fingerprint density at radius 2 is 1.95 bits per heavy atom. The molecule has 0 unspecified atom stereocenters. The summed E-state index contributed by atoms with van der Waals surface area (Å²) in [5, 5.41) is 0. The molecule has 0 aliphatic carbocycles. The molecule has 2 aromatic rings. The van der Waals surface area contributed by atoms with Gasteiger partial charge in [-0.3, -0.25) is 0 Å². The van der Waals surface area contributed by atoms with Crippen molar-refractivity contribution in [3.05, 3.63) is 29.6 Å². The summed E-state index contributed by atoms with van der Waals surface area (Å²) >= 11 is 0.